The Bertz CT molecular complexity index is 706. The number of piperidine rings is 2. The highest BCUT2D eigenvalue weighted by molar-refractivity contribution is 5.23. The van der Waals surface area contributed by atoms with Crippen LogP contribution in [0.3, 0.4) is 0 Å². The SMILES string of the molecule is Cc1ccc(CN2C3CC(C3)[C@@H](C)[C@H]2COc2ccc(F)cc2)cc1. The summed E-state index contributed by atoms with van der Waals surface area (Å²) in [6.07, 6.45) is 2.64. The topological polar surface area (TPSA) is 12.5 Å². The molecular formula is C22H26FNO. The minimum atomic E-state index is -0.222. The Kier molecular flexibility index (Phi) is 4.51. The van der Waals surface area contributed by atoms with E-state index in [0.717, 1.165) is 18.2 Å². The van der Waals surface area contributed by atoms with Gasteiger partial charge in [-0.1, -0.05) is 36.8 Å². The number of ether oxygens (including phenoxy) is 1. The molecular weight excluding hydrogens is 313 g/mol. The van der Waals surface area contributed by atoms with Crippen molar-refractivity contribution in [2.24, 2.45) is 11.8 Å². The number of halogens is 1. The van der Waals surface area contributed by atoms with Gasteiger partial charge < -0.3 is 4.74 Å². The lowest BCUT2D eigenvalue weighted by molar-refractivity contribution is -0.0923. The lowest BCUT2D eigenvalue weighted by atomic mass is 9.65. The Balaban J connectivity index is 1.46. The molecule has 2 heterocycles. The molecule has 0 amide bonds. The Morgan fingerprint density at radius 3 is 2.40 bits per heavy atom. The molecule has 2 nitrogen and oxygen atoms in total. The van der Waals surface area contributed by atoms with E-state index in [0.29, 0.717) is 24.6 Å². The molecule has 3 fully saturated rings. The van der Waals surface area contributed by atoms with Crippen molar-refractivity contribution >= 4 is 0 Å². The molecule has 0 radical (unpaired) electrons. The van der Waals surface area contributed by atoms with Crippen LogP contribution in [0.15, 0.2) is 48.5 Å². The predicted molar refractivity (Wildman–Crippen MR) is 98.1 cm³/mol. The fourth-order valence-electron chi connectivity index (χ4n) is 4.33. The Morgan fingerprint density at radius 2 is 1.72 bits per heavy atom. The molecule has 1 aliphatic carbocycles. The molecule has 2 bridgehead atoms. The van der Waals surface area contributed by atoms with Gasteiger partial charge in [0.1, 0.15) is 18.2 Å². The van der Waals surface area contributed by atoms with E-state index in [1.165, 1.54) is 36.1 Å². The van der Waals surface area contributed by atoms with Crippen LogP contribution in [0.25, 0.3) is 0 Å². The van der Waals surface area contributed by atoms with Crippen molar-refractivity contribution in [3.8, 4) is 5.75 Å². The first-order chi connectivity index (χ1) is 12.1. The first-order valence-corrected chi connectivity index (χ1v) is 9.30. The van der Waals surface area contributed by atoms with Crippen molar-refractivity contribution < 1.29 is 9.13 Å². The summed E-state index contributed by atoms with van der Waals surface area (Å²) in [5, 5.41) is 0. The van der Waals surface area contributed by atoms with Gasteiger partial charge in [-0.3, -0.25) is 4.90 Å². The molecule has 0 aromatic heterocycles. The molecule has 2 aromatic rings. The number of hydrogen-bond donors (Lipinski definition) is 0. The Hall–Kier alpha value is -1.87. The Labute approximate surface area is 149 Å². The lowest BCUT2D eigenvalue weighted by Gasteiger charge is -2.57. The molecule has 2 aliphatic heterocycles. The number of nitrogens with zero attached hydrogens (tertiary/aromatic N) is 1. The van der Waals surface area contributed by atoms with E-state index in [1.54, 1.807) is 12.1 Å². The van der Waals surface area contributed by atoms with Gasteiger partial charge in [-0.15, -0.1) is 0 Å². The summed E-state index contributed by atoms with van der Waals surface area (Å²) >= 11 is 0. The van der Waals surface area contributed by atoms with Crippen molar-refractivity contribution in [1.29, 1.82) is 0 Å². The van der Waals surface area contributed by atoms with Crippen LogP contribution in [0.1, 0.15) is 30.9 Å². The minimum Gasteiger partial charge on any atom is -0.492 e. The smallest absolute Gasteiger partial charge is 0.123 e. The summed E-state index contributed by atoms with van der Waals surface area (Å²) < 4.78 is 19.1. The molecule has 2 atom stereocenters. The maximum atomic E-state index is 13.1. The van der Waals surface area contributed by atoms with Gasteiger partial charge in [0.2, 0.25) is 0 Å². The number of fused-ring (bicyclic) bond motifs is 2. The highest BCUT2D eigenvalue weighted by atomic mass is 19.1. The summed E-state index contributed by atoms with van der Waals surface area (Å²) in [4.78, 5) is 2.64. The second-order valence-electron chi connectivity index (χ2n) is 7.73. The van der Waals surface area contributed by atoms with Crippen LogP contribution in [-0.2, 0) is 6.54 Å². The minimum absolute atomic E-state index is 0.222. The van der Waals surface area contributed by atoms with Gasteiger partial charge in [0, 0.05) is 18.6 Å². The van der Waals surface area contributed by atoms with Gasteiger partial charge in [0.25, 0.3) is 0 Å². The van der Waals surface area contributed by atoms with Crippen LogP contribution in [0.5, 0.6) is 5.75 Å². The summed E-state index contributed by atoms with van der Waals surface area (Å²) in [6.45, 7) is 6.15. The van der Waals surface area contributed by atoms with Crippen LogP contribution in [0, 0.1) is 24.6 Å². The average molecular weight is 339 g/mol. The molecule has 132 valence electrons. The first kappa shape index (κ1) is 16.6. The summed E-state index contributed by atoms with van der Waals surface area (Å²) in [5.74, 6) is 2.00. The van der Waals surface area contributed by atoms with Gasteiger partial charge in [0.05, 0.1) is 0 Å². The largest absolute Gasteiger partial charge is 0.492 e. The van der Waals surface area contributed by atoms with Gasteiger partial charge >= 0.3 is 0 Å². The second-order valence-corrected chi connectivity index (χ2v) is 7.73. The van der Waals surface area contributed by atoms with Gasteiger partial charge in [-0.25, -0.2) is 4.39 Å². The van der Waals surface area contributed by atoms with E-state index in [9.17, 15) is 4.39 Å². The van der Waals surface area contributed by atoms with Crippen LogP contribution < -0.4 is 4.74 Å². The zero-order valence-electron chi connectivity index (χ0n) is 15.0. The van der Waals surface area contributed by atoms with Crippen LogP contribution in [0.4, 0.5) is 4.39 Å². The van der Waals surface area contributed by atoms with Crippen LogP contribution >= 0.6 is 0 Å². The van der Waals surface area contributed by atoms with Gasteiger partial charge in [0.15, 0.2) is 0 Å². The van der Waals surface area contributed by atoms with Crippen molar-refractivity contribution in [1.82, 2.24) is 4.90 Å². The second kappa shape index (κ2) is 6.80. The zero-order valence-corrected chi connectivity index (χ0v) is 15.0. The van der Waals surface area contributed by atoms with Crippen molar-refractivity contribution in [2.45, 2.75) is 45.3 Å². The van der Waals surface area contributed by atoms with Crippen LogP contribution in [-0.4, -0.2) is 23.6 Å². The molecule has 3 heteroatoms. The molecule has 3 aliphatic rings. The highest BCUT2D eigenvalue weighted by Crippen LogP contribution is 2.47. The highest BCUT2D eigenvalue weighted by Gasteiger charge is 2.48. The Morgan fingerprint density at radius 1 is 1.04 bits per heavy atom. The molecule has 0 N–H and O–H groups in total. The number of benzene rings is 2. The molecule has 2 saturated heterocycles. The van der Waals surface area contributed by atoms with E-state index in [4.69, 9.17) is 4.74 Å². The third-order valence-corrected chi connectivity index (χ3v) is 6.12. The average Bonchev–Trinajstić information content (AvgIpc) is 2.56. The molecule has 1 saturated carbocycles. The summed E-state index contributed by atoms with van der Waals surface area (Å²) in [7, 11) is 0. The van der Waals surface area contributed by atoms with Crippen molar-refractivity contribution in [3.63, 3.8) is 0 Å². The summed E-state index contributed by atoms with van der Waals surface area (Å²) in [5.41, 5.74) is 2.67. The number of aryl methyl sites for hydroxylation is 1. The maximum absolute atomic E-state index is 13.1. The first-order valence-electron chi connectivity index (χ1n) is 9.30. The normalized spacial score (nSPS) is 28.4. The maximum Gasteiger partial charge on any atom is 0.123 e. The zero-order chi connectivity index (χ0) is 17.4. The third kappa shape index (κ3) is 3.43. The molecule has 0 spiro atoms. The molecule has 2 aromatic carbocycles. The van der Waals surface area contributed by atoms with Crippen molar-refractivity contribution in [3.05, 3.63) is 65.5 Å². The number of rotatable bonds is 5. The fraction of sp³-hybridized carbons (Fsp3) is 0.455. The predicted octanol–water partition coefficient (Wildman–Crippen LogP) is 4.81. The third-order valence-electron chi connectivity index (χ3n) is 6.12. The van der Waals surface area contributed by atoms with E-state index in [1.807, 2.05) is 0 Å². The fourth-order valence-corrected chi connectivity index (χ4v) is 4.33. The molecule has 0 unspecified atom stereocenters. The van der Waals surface area contributed by atoms with E-state index < -0.39 is 0 Å². The monoisotopic (exact) mass is 339 g/mol. The van der Waals surface area contributed by atoms with Gasteiger partial charge in [-0.05, 0) is 61.4 Å². The standard InChI is InChI=1S/C22H26FNO/c1-15-3-5-17(6-4-15)13-24-20-11-18(12-20)16(2)22(24)14-25-21-9-7-19(23)8-10-21/h3-10,16,18,20,22H,11-14H2,1-2H3/t16-,18?,20?,22-/m1/s1. The quantitative estimate of drug-likeness (QED) is 0.775. The summed E-state index contributed by atoms with van der Waals surface area (Å²) in [6, 6.07) is 16.3. The molecule has 25 heavy (non-hydrogen) atoms. The van der Waals surface area contributed by atoms with Crippen LogP contribution in [0.2, 0.25) is 0 Å². The van der Waals surface area contributed by atoms with Gasteiger partial charge in [-0.2, -0.15) is 0 Å². The van der Waals surface area contributed by atoms with E-state index >= 15 is 0 Å². The van der Waals surface area contributed by atoms with Crippen molar-refractivity contribution in [2.75, 3.05) is 6.61 Å². The van der Waals surface area contributed by atoms with E-state index in [2.05, 4.69) is 43.0 Å². The lowest BCUT2D eigenvalue weighted by Crippen LogP contribution is -2.62. The number of hydrogen-bond acceptors (Lipinski definition) is 2. The van der Waals surface area contributed by atoms with E-state index in [-0.39, 0.29) is 5.82 Å². The molecule has 5 rings (SSSR count).